The highest BCUT2D eigenvalue weighted by Crippen LogP contribution is 2.44. The first-order chi connectivity index (χ1) is 16.8. The van der Waals surface area contributed by atoms with Gasteiger partial charge in [0.05, 0.1) is 12.5 Å². The third-order valence-corrected chi connectivity index (χ3v) is 6.53. The topological polar surface area (TPSA) is 105 Å². The number of carbonyl (C=O) groups is 3. The lowest BCUT2D eigenvalue weighted by Crippen LogP contribution is -2.48. The summed E-state index contributed by atoms with van der Waals surface area (Å²) in [6.45, 7) is 1.85. The molecule has 0 saturated carbocycles. The van der Waals surface area contributed by atoms with Crippen LogP contribution in [0, 0.1) is 0 Å². The lowest BCUT2D eigenvalue weighted by Gasteiger charge is -2.21. The highest BCUT2D eigenvalue weighted by atomic mass is 79.9. The molecule has 0 aliphatic heterocycles. The molecule has 1 aliphatic carbocycles. The number of alkyl carbamates (subject to hydrolysis) is 1. The highest BCUT2D eigenvalue weighted by molar-refractivity contribution is 9.10. The quantitative estimate of drug-likeness (QED) is 0.375. The van der Waals surface area contributed by atoms with Crippen LogP contribution in [0.3, 0.4) is 0 Å². The van der Waals surface area contributed by atoms with Crippen LogP contribution in [0.2, 0.25) is 0 Å². The van der Waals surface area contributed by atoms with Crippen LogP contribution >= 0.6 is 15.9 Å². The molecular weight excluding hydrogens is 512 g/mol. The van der Waals surface area contributed by atoms with Crippen molar-refractivity contribution in [3.63, 3.8) is 0 Å². The van der Waals surface area contributed by atoms with Crippen molar-refractivity contribution in [3.05, 3.63) is 94.0 Å². The standard InChI is InChI=1S/C27H25BrN2O5/c1-16(17-7-6-8-18(28)13-17)29-26(33)24(14-25(31)32)30-27(34)35-15-23-21-11-4-2-9-19(21)20-10-3-5-12-22(20)23/h2-13,16,23-24H,14-15H2,1H3,(H,29,33)(H,30,34)(H,31,32)/t16-,24?/m0/s1. The van der Waals surface area contributed by atoms with E-state index in [1.165, 1.54) is 0 Å². The first-order valence-electron chi connectivity index (χ1n) is 11.2. The van der Waals surface area contributed by atoms with Gasteiger partial charge in [0.1, 0.15) is 12.6 Å². The second kappa shape index (κ2) is 10.7. The van der Waals surface area contributed by atoms with E-state index < -0.39 is 30.4 Å². The van der Waals surface area contributed by atoms with Gasteiger partial charge >= 0.3 is 12.1 Å². The van der Waals surface area contributed by atoms with E-state index in [1.807, 2.05) is 72.8 Å². The molecule has 8 heteroatoms. The molecule has 0 saturated heterocycles. The van der Waals surface area contributed by atoms with Crippen molar-refractivity contribution in [1.82, 2.24) is 10.6 Å². The number of hydrogen-bond acceptors (Lipinski definition) is 4. The average Bonchev–Trinajstić information content (AvgIpc) is 3.15. The number of ether oxygens (including phenoxy) is 1. The van der Waals surface area contributed by atoms with E-state index in [9.17, 15) is 19.5 Å². The number of benzene rings is 3. The Balaban J connectivity index is 1.41. The number of carbonyl (C=O) groups excluding carboxylic acids is 2. The van der Waals surface area contributed by atoms with Crippen molar-refractivity contribution >= 4 is 33.9 Å². The minimum Gasteiger partial charge on any atom is -0.481 e. The number of rotatable bonds is 8. The molecule has 3 N–H and O–H groups in total. The Kier molecular flexibility index (Phi) is 7.51. The minimum absolute atomic E-state index is 0.0652. The van der Waals surface area contributed by atoms with E-state index in [-0.39, 0.29) is 18.6 Å². The van der Waals surface area contributed by atoms with Gasteiger partial charge in [-0.2, -0.15) is 0 Å². The summed E-state index contributed by atoms with van der Waals surface area (Å²) in [6, 6.07) is 21.6. The molecule has 35 heavy (non-hydrogen) atoms. The monoisotopic (exact) mass is 536 g/mol. The van der Waals surface area contributed by atoms with Gasteiger partial charge in [-0.05, 0) is 46.9 Å². The molecule has 0 bridgehead atoms. The summed E-state index contributed by atoms with van der Waals surface area (Å²) < 4.78 is 6.33. The van der Waals surface area contributed by atoms with E-state index in [4.69, 9.17) is 4.74 Å². The Labute approximate surface area is 211 Å². The van der Waals surface area contributed by atoms with Gasteiger partial charge in [-0.25, -0.2) is 4.79 Å². The maximum atomic E-state index is 12.8. The molecule has 1 unspecified atom stereocenters. The number of amides is 2. The lowest BCUT2D eigenvalue weighted by atomic mass is 9.98. The largest absolute Gasteiger partial charge is 0.481 e. The van der Waals surface area contributed by atoms with Gasteiger partial charge in [0, 0.05) is 10.4 Å². The van der Waals surface area contributed by atoms with Crippen molar-refractivity contribution in [1.29, 1.82) is 0 Å². The molecule has 0 spiro atoms. The zero-order valence-corrected chi connectivity index (χ0v) is 20.6. The lowest BCUT2D eigenvalue weighted by molar-refractivity contribution is -0.140. The maximum absolute atomic E-state index is 12.8. The van der Waals surface area contributed by atoms with Crippen LogP contribution in [0.4, 0.5) is 4.79 Å². The Hall–Kier alpha value is -3.65. The third-order valence-electron chi connectivity index (χ3n) is 6.04. The van der Waals surface area contributed by atoms with Gasteiger partial charge in [-0.1, -0.05) is 76.6 Å². The zero-order chi connectivity index (χ0) is 24.9. The van der Waals surface area contributed by atoms with E-state index in [1.54, 1.807) is 6.92 Å². The van der Waals surface area contributed by atoms with E-state index in [0.717, 1.165) is 32.3 Å². The van der Waals surface area contributed by atoms with Gasteiger partial charge in [-0.15, -0.1) is 0 Å². The summed E-state index contributed by atoms with van der Waals surface area (Å²) in [6.07, 6.45) is -1.41. The molecule has 180 valence electrons. The summed E-state index contributed by atoms with van der Waals surface area (Å²) in [4.78, 5) is 36.8. The van der Waals surface area contributed by atoms with Crippen LogP contribution in [0.25, 0.3) is 11.1 Å². The molecule has 0 fully saturated rings. The first kappa shape index (κ1) is 24.5. The van der Waals surface area contributed by atoms with Crippen molar-refractivity contribution in [2.24, 2.45) is 0 Å². The minimum atomic E-state index is -1.28. The van der Waals surface area contributed by atoms with Crippen LogP contribution < -0.4 is 10.6 Å². The SMILES string of the molecule is C[C@H](NC(=O)C(CC(=O)O)NC(=O)OCC1c2ccccc2-c2ccccc21)c1cccc(Br)c1. The predicted molar refractivity (Wildman–Crippen MR) is 135 cm³/mol. The second-order valence-electron chi connectivity index (χ2n) is 8.41. The number of aliphatic carboxylic acids is 1. The van der Waals surface area contributed by atoms with Crippen molar-refractivity contribution < 1.29 is 24.2 Å². The van der Waals surface area contributed by atoms with Crippen molar-refractivity contribution in [2.45, 2.75) is 31.3 Å². The Morgan fingerprint density at radius 2 is 1.57 bits per heavy atom. The smallest absolute Gasteiger partial charge is 0.407 e. The van der Waals surface area contributed by atoms with Crippen molar-refractivity contribution in [3.8, 4) is 11.1 Å². The molecule has 2 amide bonds. The van der Waals surface area contributed by atoms with Gasteiger partial charge < -0.3 is 20.5 Å². The van der Waals surface area contributed by atoms with Gasteiger partial charge in [-0.3, -0.25) is 9.59 Å². The van der Waals surface area contributed by atoms with Crippen LogP contribution in [0.15, 0.2) is 77.3 Å². The van der Waals surface area contributed by atoms with Crippen LogP contribution in [-0.2, 0) is 14.3 Å². The number of carboxylic acid groups (broad SMARTS) is 1. The number of carboxylic acids is 1. The Morgan fingerprint density at radius 1 is 0.943 bits per heavy atom. The van der Waals surface area contributed by atoms with E-state index >= 15 is 0 Å². The Bertz CT molecular complexity index is 1220. The number of halogens is 1. The first-order valence-corrected chi connectivity index (χ1v) is 12.0. The molecule has 3 aromatic carbocycles. The van der Waals surface area contributed by atoms with Crippen LogP contribution in [0.5, 0.6) is 0 Å². The van der Waals surface area contributed by atoms with Gasteiger partial charge in [0.15, 0.2) is 0 Å². The van der Waals surface area contributed by atoms with Crippen LogP contribution in [0.1, 0.15) is 42.0 Å². The average molecular weight is 537 g/mol. The summed E-state index contributed by atoms with van der Waals surface area (Å²) >= 11 is 3.39. The fraction of sp³-hybridized carbons (Fsp3) is 0.222. The second-order valence-corrected chi connectivity index (χ2v) is 9.32. The number of nitrogens with one attached hydrogen (secondary N) is 2. The fourth-order valence-corrected chi connectivity index (χ4v) is 4.76. The third kappa shape index (κ3) is 5.71. The Morgan fingerprint density at radius 3 is 2.17 bits per heavy atom. The summed E-state index contributed by atoms with van der Waals surface area (Å²) in [5, 5.41) is 14.5. The molecule has 1 aliphatic rings. The van der Waals surface area contributed by atoms with E-state index in [0.29, 0.717) is 0 Å². The molecule has 0 aromatic heterocycles. The summed E-state index contributed by atoms with van der Waals surface area (Å²) in [7, 11) is 0. The molecule has 3 aromatic rings. The predicted octanol–water partition coefficient (Wildman–Crippen LogP) is 5.01. The molecule has 4 rings (SSSR count). The fourth-order valence-electron chi connectivity index (χ4n) is 4.34. The number of fused-ring (bicyclic) bond motifs is 3. The number of hydrogen-bond donors (Lipinski definition) is 3. The molecule has 0 heterocycles. The van der Waals surface area contributed by atoms with Crippen LogP contribution in [-0.4, -0.2) is 35.7 Å². The van der Waals surface area contributed by atoms with Gasteiger partial charge in [0.2, 0.25) is 5.91 Å². The zero-order valence-electron chi connectivity index (χ0n) is 19.0. The normalized spacial score (nSPS) is 13.8. The van der Waals surface area contributed by atoms with E-state index in [2.05, 4.69) is 26.6 Å². The molecular formula is C27H25BrN2O5. The summed E-state index contributed by atoms with van der Waals surface area (Å²) in [5.41, 5.74) is 5.15. The highest BCUT2D eigenvalue weighted by Gasteiger charge is 2.30. The molecule has 2 atom stereocenters. The maximum Gasteiger partial charge on any atom is 0.407 e. The van der Waals surface area contributed by atoms with Gasteiger partial charge in [0.25, 0.3) is 0 Å². The summed E-state index contributed by atoms with van der Waals surface area (Å²) in [5.74, 6) is -1.95. The molecule has 7 nitrogen and oxygen atoms in total. The molecule has 0 radical (unpaired) electrons. The van der Waals surface area contributed by atoms with Crippen molar-refractivity contribution in [2.75, 3.05) is 6.61 Å².